The summed E-state index contributed by atoms with van der Waals surface area (Å²) < 4.78 is 0.766. The van der Waals surface area contributed by atoms with Gasteiger partial charge in [-0.05, 0) is 40.5 Å². The van der Waals surface area contributed by atoms with Gasteiger partial charge in [0.2, 0.25) is 0 Å². The summed E-state index contributed by atoms with van der Waals surface area (Å²) in [7, 11) is 3.33. The molecular formula is C13H18BrN3O2. The molecule has 0 aromatic heterocycles. The van der Waals surface area contributed by atoms with Crippen molar-refractivity contribution in [2.75, 3.05) is 27.2 Å². The average Bonchev–Trinajstić information content (AvgIpc) is 2.33. The van der Waals surface area contributed by atoms with Crippen LogP contribution in [0.5, 0.6) is 0 Å². The Labute approximate surface area is 121 Å². The zero-order chi connectivity index (χ0) is 14.4. The van der Waals surface area contributed by atoms with Crippen molar-refractivity contribution >= 4 is 27.9 Å². The van der Waals surface area contributed by atoms with E-state index in [1.807, 2.05) is 19.1 Å². The molecule has 19 heavy (non-hydrogen) atoms. The van der Waals surface area contributed by atoms with Crippen molar-refractivity contribution in [3.8, 4) is 0 Å². The van der Waals surface area contributed by atoms with Crippen LogP contribution in [-0.4, -0.2) is 44.0 Å². The number of hydrogen-bond acceptors (Lipinski definition) is 2. The van der Waals surface area contributed by atoms with E-state index in [9.17, 15) is 9.59 Å². The van der Waals surface area contributed by atoms with Crippen molar-refractivity contribution in [1.29, 1.82) is 0 Å². The Hall–Kier alpha value is -1.56. The number of aryl methyl sites for hydroxylation is 1. The van der Waals surface area contributed by atoms with Gasteiger partial charge in [-0.1, -0.05) is 6.07 Å². The lowest BCUT2D eigenvalue weighted by Gasteiger charge is -2.12. The van der Waals surface area contributed by atoms with Gasteiger partial charge in [0.25, 0.3) is 5.91 Å². The Balaban J connectivity index is 2.41. The fourth-order valence-corrected chi connectivity index (χ4v) is 2.08. The Bertz CT molecular complexity index is 475. The highest BCUT2D eigenvalue weighted by Crippen LogP contribution is 2.17. The van der Waals surface area contributed by atoms with E-state index < -0.39 is 0 Å². The summed E-state index contributed by atoms with van der Waals surface area (Å²) in [4.78, 5) is 24.6. The molecule has 1 rings (SSSR count). The molecule has 3 amide bonds. The predicted molar refractivity (Wildman–Crippen MR) is 78.3 cm³/mol. The number of nitrogens with one attached hydrogen (secondary N) is 2. The molecule has 104 valence electrons. The molecule has 1 aromatic rings. The molecule has 6 heteroatoms. The van der Waals surface area contributed by atoms with Gasteiger partial charge in [0.1, 0.15) is 0 Å². The zero-order valence-corrected chi connectivity index (χ0v) is 12.9. The van der Waals surface area contributed by atoms with Crippen molar-refractivity contribution in [3.05, 3.63) is 33.8 Å². The number of urea groups is 1. The second-order valence-corrected chi connectivity index (χ2v) is 5.22. The van der Waals surface area contributed by atoms with Crippen LogP contribution in [0.1, 0.15) is 15.9 Å². The first-order valence-electron chi connectivity index (χ1n) is 5.91. The van der Waals surface area contributed by atoms with E-state index in [-0.39, 0.29) is 11.9 Å². The van der Waals surface area contributed by atoms with Crippen molar-refractivity contribution in [3.63, 3.8) is 0 Å². The van der Waals surface area contributed by atoms with E-state index in [4.69, 9.17) is 0 Å². The summed E-state index contributed by atoms with van der Waals surface area (Å²) in [5.41, 5.74) is 1.67. The maximum atomic E-state index is 11.9. The molecule has 0 heterocycles. The Morgan fingerprint density at radius 3 is 2.42 bits per heavy atom. The van der Waals surface area contributed by atoms with E-state index in [2.05, 4.69) is 26.6 Å². The van der Waals surface area contributed by atoms with Gasteiger partial charge in [-0.3, -0.25) is 4.79 Å². The quantitative estimate of drug-likeness (QED) is 0.828. The first-order chi connectivity index (χ1) is 8.91. The second-order valence-electron chi connectivity index (χ2n) is 4.37. The van der Waals surface area contributed by atoms with Gasteiger partial charge in [0, 0.05) is 31.7 Å². The molecule has 0 fully saturated rings. The maximum Gasteiger partial charge on any atom is 0.316 e. The second kappa shape index (κ2) is 7.13. The van der Waals surface area contributed by atoms with Gasteiger partial charge in [0.15, 0.2) is 0 Å². The summed E-state index contributed by atoms with van der Waals surface area (Å²) in [5.74, 6) is -0.161. The van der Waals surface area contributed by atoms with Crippen LogP contribution >= 0.6 is 15.9 Å². The van der Waals surface area contributed by atoms with Crippen LogP contribution in [0.3, 0.4) is 0 Å². The van der Waals surface area contributed by atoms with Crippen molar-refractivity contribution in [2.24, 2.45) is 0 Å². The van der Waals surface area contributed by atoms with Crippen LogP contribution in [0.15, 0.2) is 22.7 Å². The monoisotopic (exact) mass is 327 g/mol. The number of amides is 3. The molecule has 2 N–H and O–H groups in total. The van der Waals surface area contributed by atoms with E-state index >= 15 is 0 Å². The molecule has 0 saturated carbocycles. The standard InChI is InChI=1S/C13H18BrN3O2/c1-9-4-5-10(11(14)8-9)12(18)15-6-7-16-13(19)17(2)3/h4-5,8H,6-7H2,1-3H3,(H,15,18)(H,16,19). The number of carbonyl (C=O) groups excluding carboxylic acids is 2. The smallest absolute Gasteiger partial charge is 0.316 e. The molecule has 0 atom stereocenters. The van der Waals surface area contributed by atoms with Gasteiger partial charge < -0.3 is 15.5 Å². The Morgan fingerprint density at radius 2 is 1.84 bits per heavy atom. The summed E-state index contributed by atoms with van der Waals surface area (Å²) in [6, 6.07) is 5.37. The van der Waals surface area contributed by atoms with E-state index in [0.29, 0.717) is 18.7 Å². The van der Waals surface area contributed by atoms with Gasteiger partial charge in [-0.15, -0.1) is 0 Å². The van der Waals surface area contributed by atoms with Crippen LogP contribution in [-0.2, 0) is 0 Å². The number of halogens is 1. The summed E-state index contributed by atoms with van der Waals surface area (Å²) in [6.45, 7) is 2.74. The van der Waals surface area contributed by atoms with Crippen LogP contribution in [0.4, 0.5) is 4.79 Å². The van der Waals surface area contributed by atoms with Crippen LogP contribution in [0.25, 0.3) is 0 Å². The van der Waals surface area contributed by atoms with Gasteiger partial charge in [-0.2, -0.15) is 0 Å². The highest BCUT2D eigenvalue weighted by molar-refractivity contribution is 9.10. The third-order valence-electron chi connectivity index (χ3n) is 2.46. The summed E-state index contributed by atoms with van der Waals surface area (Å²) in [5, 5.41) is 5.42. The molecule has 0 aliphatic heterocycles. The molecule has 0 bridgehead atoms. The average molecular weight is 328 g/mol. The van der Waals surface area contributed by atoms with Gasteiger partial charge >= 0.3 is 6.03 Å². The van der Waals surface area contributed by atoms with Gasteiger partial charge in [-0.25, -0.2) is 4.79 Å². The number of benzene rings is 1. The van der Waals surface area contributed by atoms with Gasteiger partial charge in [0.05, 0.1) is 5.56 Å². The topological polar surface area (TPSA) is 61.4 Å². The molecule has 0 aliphatic rings. The third-order valence-corrected chi connectivity index (χ3v) is 3.12. The minimum atomic E-state index is -0.175. The lowest BCUT2D eigenvalue weighted by Crippen LogP contribution is -2.39. The molecular weight excluding hydrogens is 310 g/mol. The lowest BCUT2D eigenvalue weighted by atomic mass is 10.1. The highest BCUT2D eigenvalue weighted by atomic mass is 79.9. The lowest BCUT2D eigenvalue weighted by molar-refractivity contribution is 0.0953. The molecule has 0 spiro atoms. The first-order valence-corrected chi connectivity index (χ1v) is 6.70. The predicted octanol–water partition coefficient (Wildman–Crippen LogP) is 1.76. The highest BCUT2D eigenvalue weighted by Gasteiger charge is 2.09. The number of rotatable bonds is 4. The van der Waals surface area contributed by atoms with E-state index in [0.717, 1.165) is 10.0 Å². The summed E-state index contributed by atoms with van der Waals surface area (Å²) in [6.07, 6.45) is 0. The van der Waals surface area contributed by atoms with Crippen LogP contribution in [0.2, 0.25) is 0 Å². The summed E-state index contributed by atoms with van der Waals surface area (Å²) >= 11 is 3.36. The minimum Gasteiger partial charge on any atom is -0.350 e. The molecule has 0 saturated heterocycles. The fraction of sp³-hybridized carbons (Fsp3) is 0.385. The Morgan fingerprint density at radius 1 is 1.21 bits per heavy atom. The number of hydrogen-bond donors (Lipinski definition) is 2. The molecule has 1 aromatic carbocycles. The molecule has 0 radical (unpaired) electrons. The minimum absolute atomic E-state index is 0.161. The maximum absolute atomic E-state index is 11.9. The molecule has 5 nitrogen and oxygen atoms in total. The van der Waals surface area contributed by atoms with Crippen molar-refractivity contribution in [1.82, 2.24) is 15.5 Å². The van der Waals surface area contributed by atoms with E-state index in [1.165, 1.54) is 4.90 Å². The molecule has 0 unspecified atom stereocenters. The largest absolute Gasteiger partial charge is 0.350 e. The Kier molecular flexibility index (Phi) is 5.82. The fourth-order valence-electron chi connectivity index (χ4n) is 1.40. The molecule has 0 aliphatic carbocycles. The third kappa shape index (κ3) is 4.90. The normalized spacial score (nSPS) is 9.89. The van der Waals surface area contributed by atoms with Crippen molar-refractivity contribution < 1.29 is 9.59 Å². The number of carbonyl (C=O) groups is 2. The van der Waals surface area contributed by atoms with E-state index in [1.54, 1.807) is 20.2 Å². The van der Waals surface area contributed by atoms with Crippen LogP contribution in [0, 0.1) is 6.92 Å². The number of nitrogens with zero attached hydrogens (tertiary/aromatic N) is 1. The van der Waals surface area contributed by atoms with Crippen molar-refractivity contribution in [2.45, 2.75) is 6.92 Å². The van der Waals surface area contributed by atoms with Crippen LogP contribution < -0.4 is 10.6 Å². The SMILES string of the molecule is Cc1ccc(C(=O)NCCNC(=O)N(C)C)c(Br)c1. The zero-order valence-electron chi connectivity index (χ0n) is 11.3. The first kappa shape index (κ1) is 15.5.